The second kappa shape index (κ2) is 9.00. The van der Waals surface area contributed by atoms with Gasteiger partial charge >= 0.3 is 0 Å². The number of thiazole rings is 2. The molecule has 0 aliphatic rings. The molecule has 0 fully saturated rings. The lowest BCUT2D eigenvalue weighted by Crippen LogP contribution is -2.13. The molecule has 1 amide bonds. The van der Waals surface area contributed by atoms with E-state index in [9.17, 15) is 4.79 Å². The predicted molar refractivity (Wildman–Crippen MR) is 122 cm³/mol. The third-order valence-electron chi connectivity index (χ3n) is 3.75. The van der Waals surface area contributed by atoms with Crippen LogP contribution in [0.5, 0.6) is 0 Å². The Hall–Kier alpha value is -2.00. The Balaban J connectivity index is 1.33. The summed E-state index contributed by atoms with van der Waals surface area (Å²) in [7, 11) is 0. The summed E-state index contributed by atoms with van der Waals surface area (Å²) in [6.45, 7) is 0. The van der Waals surface area contributed by atoms with Gasteiger partial charge in [-0.1, -0.05) is 70.2 Å². The SMILES string of the molecule is O=C(CSc1csc(-c2ccccc2)n1)Nc1nc(-c2ccc(Br)cc2)cs1. The molecule has 0 spiro atoms. The van der Waals surface area contributed by atoms with Crippen molar-refractivity contribution in [3.8, 4) is 21.8 Å². The average molecular weight is 488 g/mol. The van der Waals surface area contributed by atoms with E-state index in [0.29, 0.717) is 10.9 Å². The van der Waals surface area contributed by atoms with Crippen LogP contribution in [0.15, 0.2) is 74.9 Å². The molecule has 140 valence electrons. The molecule has 0 atom stereocenters. The van der Waals surface area contributed by atoms with Crippen LogP contribution < -0.4 is 5.32 Å². The van der Waals surface area contributed by atoms with Crippen LogP contribution in [0.2, 0.25) is 0 Å². The Morgan fingerprint density at radius 1 is 0.964 bits per heavy atom. The number of nitrogens with zero attached hydrogens (tertiary/aromatic N) is 2. The molecule has 0 aliphatic carbocycles. The molecule has 2 aromatic carbocycles. The van der Waals surface area contributed by atoms with E-state index < -0.39 is 0 Å². The minimum Gasteiger partial charge on any atom is -0.301 e. The Bertz CT molecular complexity index is 1080. The number of thioether (sulfide) groups is 1. The van der Waals surface area contributed by atoms with Crippen LogP contribution in [0.4, 0.5) is 5.13 Å². The Kier molecular flexibility index (Phi) is 6.21. The van der Waals surface area contributed by atoms with Crippen molar-refractivity contribution in [3.63, 3.8) is 0 Å². The summed E-state index contributed by atoms with van der Waals surface area (Å²) in [6.07, 6.45) is 0. The van der Waals surface area contributed by atoms with Crippen molar-refractivity contribution in [1.82, 2.24) is 9.97 Å². The van der Waals surface area contributed by atoms with E-state index in [1.165, 1.54) is 23.1 Å². The number of hydrogen-bond donors (Lipinski definition) is 1. The summed E-state index contributed by atoms with van der Waals surface area (Å²) in [5.74, 6) is 0.210. The van der Waals surface area contributed by atoms with Gasteiger partial charge in [0, 0.05) is 26.4 Å². The van der Waals surface area contributed by atoms with Gasteiger partial charge < -0.3 is 5.32 Å². The topological polar surface area (TPSA) is 54.9 Å². The molecule has 0 bridgehead atoms. The van der Waals surface area contributed by atoms with E-state index in [-0.39, 0.29) is 5.91 Å². The zero-order valence-electron chi connectivity index (χ0n) is 14.5. The van der Waals surface area contributed by atoms with Crippen LogP contribution in [0.25, 0.3) is 21.8 Å². The van der Waals surface area contributed by atoms with Gasteiger partial charge in [-0.15, -0.1) is 22.7 Å². The van der Waals surface area contributed by atoms with Crippen LogP contribution >= 0.6 is 50.4 Å². The van der Waals surface area contributed by atoms with Crippen LogP contribution in [-0.4, -0.2) is 21.6 Å². The van der Waals surface area contributed by atoms with Crippen LogP contribution in [0.3, 0.4) is 0 Å². The molecule has 0 saturated heterocycles. The molecular formula is C20H14BrN3OS3. The van der Waals surface area contributed by atoms with Crippen molar-refractivity contribution >= 4 is 61.4 Å². The highest BCUT2D eigenvalue weighted by Gasteiger charge is 2.11. The second-order valence-electron chi connectivity index (χ2n) is 5.74. The van der Waals surface area contributed by atoms with Crippen LogP contribution in [0, 0.1) is 0 Å². The number of hydrogen-bond acceptors (Lipinski definition) is 6. The minimum absolute atomic E-state index is 0.0871. The minimum atomic E-state index is -0.0871. The molecule has 0 radical (unpaired) electrons. The highest BCUT2D eigenvalue weighted by Crippen LogP contribution is 2.29. The first-order chi connectivity index (χ1) is 13.7. The lowest BCUT2D eigenvalue weighted by atomic mass is 10.2. The van der Waals surface area contributed by atoms with E-state index >= 15 is 0 Å². The number of carbonyl (C=O) groups is 1. The number of carbonyl (C=O) groups excluding carboxylic acids is 1. The third kappa shape index (κ3) is 4.88. The highest BCUT2D eigenvalue weighted by molar-refractivity contribution is 9.10. The lowest BCUT2D eigenvalue weighted by Gasteiger charge is -2.00. The molecule has 4 rings (SSSR count). The molecule has 2 heterocycles. The molecule has 0 aliphatic heterocycles. The molecule has 8 heteroatoms. The van der Waals surface area contributed by atoms with Crippen LogP contribution in [0.1, 0.15) is 0 Å². The molecule has 28 heavy (non-hydrogen) atoms. The van der Waals surface area contributed by atoms with E-state index in [0.717, 1.165) is 31.3 Å². The van der Waals surface area contributed by atoms with Crippen molar-refractivity contribution < 1.29 is 4.79 Å². The summed E-state index contributed by atoms with van der Waals surface area (Å²) in [6, 6.07) is 18.0. The molecule has 4 nitrogen and oxygen atoms in total. The summed E-state index contributed by atoms with van der Waals surface area (Å²) in [4.78, 5) is 21.3. The van der Waals surface area contributed by atoms with E-state index in [2.05, 4.69) is 31.2 Å². The molecule has 2 aromatic heterocycles. The average Bonchev–Trinajstić information content (AvgIpc) is 3.37. The van der Waals surface area contributed by atoms with Gasteiger partial charge in [0.1, 0.15) is 10.0 Å². The van der Waals surface area contributed by atoms with Crippen molar-refractivity contribution in [2.75, 3.05) is 11.1 Å². The van der Waals surface area contributed by atoms with E-state index in [4.69, 9.17) is 0 Å². The fourth-order valence-corrected chi connectivity index (χ4v) is 5.09. The first kappa shape index (κ1) is 19.3. The number of halogens is 1. The largest absolute Gasteiger partial charge is 0.301 e. The first-order valence-corrected chi connectivity index (χ1v) is 11.9. The normalized spacial score (nSPS) is 10.8. The first-order valence-electron chi connectivity index (χ1n) is 8.32. The molecular weight excluding hydrogens is 474 g/mol. The Morgan fingerprint density at radius 2 is 1.75 bits per heavy atom. The summed E-state index contributed by atoms with van der Waals surface area (Å²) >= 11 is 7.86. The smallest absolute Gasteiger partial charge is 0.236 e. The van der Waals surface area contributed by atoms with Gasteiger partial charge in [-0.25, -0.2) is 9.97 Å². The van der Waals surface area contributed by atoms with E-state index in [1.807, 2.05) is 65.4 Å². The maximum Gasteiger partial charge on any atom is 0.236 e. The van der Waals surface area contributed by atoms with Gasteiger partial charge in [0.25, 0.3) is 0 Å². The summed E-state index contributed by atoms with van der Waals surface area (Å²) in [5, 5.41) is 9.21. The van der Waals surface area contributed by atoms with Crippen molar-refractivity contribution in [2.24, 2.45) is 0 Å². The number of amides is 1. The van der Waals surface area contributed by atoms with Crippen molar-refractivity contribution in [1.29, 1.82) is 0 Å². The number of nitrogens with one attached hydrogen (secondary N) is 1. The van der Waals surface area contributed by atoms with Crippen molar-refractivity contribution in [3.05, 3.63) is 69.8 Å². The van der Waals surface area contributed by atoms with Gasteiger partial charge in [-0.3, -0.25) is 4.79 Å². The molecule has 0 saturated carbocycles. The number of anilines is 1. The van der Waals surface area contributed by atoms with E-state index in [1.54, 1.807) is 11.3 Å². The fourth-order valence-electron chi connectivity index (χ4n) is 2.42. The number of aromatic nitrogens is 2. The number of benzene rings is 2. The standard InChI is InChI=1S/C20H14BrN3OS3/c21-15-8-6-13(7-9-15)16-10-28-20(22-16)23-17(25)11-26-18-12-27-19(24-18)14-4-2-1-3-5-14/h1-10,12H,11H2,(H,22,23,25). The van der Waals surface area contributed by atoms with Gasteiger partial charge in [-0.05, 0) is 12.1 Å². The third-order valence-corrected chi connectivity index (χ3v) is 6.98. The van der Waals surface area contributed by atoms with Gasteiger partial charge in [0.15, 0.2) is 5.13 Å². The summed E-state index contributed by atoms with van der Waals surface area (Å²) < 4.78 is 1.02. The van der Waals surface area contributed by atoms with Crippen LogP contribution in [-0.2, 0) is 4.79 Å². The molecule has 0 unspecified atom stereocenters. The zero-order valence-corrected chi connectivity index (χ0v) is 18.5. The highest BCUT2D eigenvalue weighted by atomic mass is 79.9. The number of rotatable bonds is 6. The summed E-state index contributed by atoms with van der Waals surface area (Å²) in [5.41, 5.74) is 2.96. The zero-order chi connectivity index (χ0) is 19.3. The van der Waals surface area contributed by atoms with Crippen molar-refractivity contribution in [2.45, 2.75) is 5.03 Å². The fraction of sp³-hybridized carbons (Fsp3) is 0.0500. The molecule has 4 aromatic rings. The maximum absolute atomic E-state index is 12.3. The Labute approximate surface area is 183 Å². The van der Waals surface area contributed by atoms with Gasteiger partial charge in [-0.2, -0.15) is 0 Å². The quantitative estimate of drug-likeness (QED) is 0.318. The second-order valence-corrected chi connectivity index (χ2v) is 9.37. The maximum atomic E-state index is 12.3. The van der Waals surface area contributed by atoms with Gasteiger partial charge in [0.05, 0.1) is 11.4 Å². The molecule has 1 N–H and O–H groups in total. The Morgan fingerprint density at radius 3 is 2.54 bits per heavy atom. The predicted octanol–water partition coefficient (Wildman–Crippen LogP) is 6.43. The lowest BCUT2D eigenvalue weighted by molar-refractivity contribution is -0.113. The monoisotopic (exact) mass is 487 g/mol. The van der Waals surface area contributed by atoms with Gasteiger partial charge in [0.2, 0.25) is 5.91 Å².